The average Bonchev–Trinajstić information content (AvgIpc) is 3.29. The van der Waals surface area contributed by atoms with Crippen LogP contribution in [-0.2, 0) is 4.79 Å². The molecule has 2 aromatic carbocycles. The quantitative estimate of drug-likeness (QED) is 0.599. The topological polar surface area (TPSA) is 89.7 Å². The Morgan fingerprint density at radius 1 is 1.22 bits per heavy atom. The van der Waals surface area contributed by atoms with Gasteiger partial charge in [0.05, 0.1) is 26.7 Å². The zero-order valence-corrected chi connectivity index (χ0v) is 18.0. The molecule has 4 rings (SSSR count). The van der Waals surface area contributed by atoms with Gasteiger partial charge in [0.2, 0.25) is 17.6 Å². The Morgan fingerprint density at radius 3 is 2.72 bits per heavy atom. The lowest BCUT2D eigenvalue weighted by molar-refractivity contribution is -0.117. The Morgan fingerprint density at radius 2 is 2.00 bits per heavy atom. The molecule has 1 aliphatic rings. The summed E-state index contributed by atoms with van der Waals surface area (Å²) in [6.45, 7) is 1.66. The van der Waals surface area contributed by atoms with Crippen molar-refractivity contribution < 1.29 is 23.2 Å². The Hall–Kier alpha value is -3.46. The van der Waals surface area contributed by atoms with Crippen LogP contribution in [0, 0.1) is 5.82 Å². The summed E-state index contributed by atoms with van der Waals surface area (Å²) in [5, 5.41) is 6.90. The molecule has 0 bridgehead atoms. The molecule has 0 radical (unpaired) electrons. The van der Waals surface area contributed by atoms with Crippen molar-refractivity contribution in [1.29, 1.82) is 0 Å². The molecular formula is C23H25FN4O4. The number of carbonyl (C=O) groups excluding carboxylic acids is 1. The monoisotopic (exact) mass is 440 g/mol. The highest BCUT2D eigenvalue weighted by Gasteiger charge is 2.27. The molecule has 1 atom stereocenters. The van der Waals surface area contributed by atoms with Gasteiger partial charge in [0.15, 0.2) is 0 Å². The lowest BCUT2D eigenvalue weighted by Crippen LogP contribution is -2.39. The molecule has 0 spiro atoms. The number of benzene rings is 2. The summed E-state index contributed by atoms with van der Waals surface area (Å²) >= 11 is 0. The number of piperidine rings is 1. The lowest BCUT2D eigenvalue weighted by atomic mass is 9.98. The summed E-state index contributed by atoms with van der Waals surface area (Å²) in [7, 11) is 3.12. The van der Waals surface area contributed by atoms with Crippen LogP contribution in [0.5, 0.6) is 11.5 Å². The minimum atomic E-state index is -0.350. The molecule has 0 saturated carbocycles. The molecular weight excluding hydrogens is 415 g/mol. The van der Waals surface area contributed by atoms with Gasteiger partial charge in [0.1, 0.15) is 17.3 Å². The zero-order chi connectivity index (χ0) is 22.5. The predicted molar refractivity (Wildman–Crippen MR) is 116 cm³/mol. The number of amides is 1. The summed E-state index contributed by atoms with van der Waals surface area (Å²) in [4.78, 5) is 19.2. The van der Waals surface area contributed by atoms with Crippen molar-refractivity contribution in [2.75, 3.05) is 39.2 Å². The number of anilines is 1. The number of ether oxygens (including phenoxy) is 2. The van der Waals surface area contributed by atoms with Crippen LogP contribution in [0.25, 0.3) is 11.4 Å². The number of nitrogens with one attached hydrogen (secondary N) is 1. The summed E-state index contributed by atoms with van der Waals surface area (Å²) in [6, 6.07) is 11.3. The van der Waals surface area contributed by atoms with E-state index in [0.717, 1.165) is 19.4 Å². The number of hydrogen-bond acceptors (Lipinski definition) is 7. The van der Waals surface area contributed by atoms with Crippen molar-refractivity contribution in [2.24, 2.45) is 0 Å². The molecule has 1 N–H and O–H groups in total. The Bertz CT molecular complexity index is 1070. The van der Waals surface area contributed by atoms with Crippen molar-refractivity contribution >= 4 is 11.6 Å². The van der Waals surface area contributed by atoms with E-state index in [1.54, 1.807) is 44.6 Å². The van der Waals surface area contributed by atoms with E-state index in [1.807, 2.05) is 0 Å². The van der Waals surface area contributed by atoms with E-state index in [-0.39, 0.29) is 24.2 Å². The second-order valence-corrected chi connectivity index (χ2v) is 7.69. The molecule has 168 valence electrons. The van der Waals surface area contributed by atoms with Crippen LogP contribution in [0.2, 0.25) is 0 Å². The Labute approximate surface area is 185 Å². The van der Waals surface area contributed by atoms with Gasteiger partial charge in [-0.15, -0.1) is 0 Å². The third-order valence-corrected chi connectivity index (χ3v) is 5.38. The fourth-order valence-electron chi connectivity index (χ4n) is 3.83. The molecule has 3 aromatic rings. The molecule has 1 aliphatic heterocycles. The second-order valence-electron chi connectivity index (χ2n) is 7.69. The van der Waals surface area contributed by atoms with E-state index < -0.39 is 0 Å². The number of rotatable bonds is 7. The van der Waals surface area contributed by atoms with Crippen molar-refractivity contribution in [2.45, 2.75) is 18.8 Å². The summed E-state index contributed by atoms with van der Waals surface area (Å²) < 4.78 is 29.4. The summed E-state index contributed by atoms with van der Waals surface area (Å²) in [5.41, 5.74) is 1.18. The maximum absolute atomic E-state index is 13.5. The van der Waals surface area contributed by atoms with E-state index in [2.05, 4.69) is 20.4 Å². The van der Waals surface area contributed by atoms with E-state index in [0.29, 0.717) is 41.0 Å². The number of methoxy groups -OCH3 is 2. The van der Waals surface area contributed by atoms with Crippen LogP contribution >= 0.6 is 0 Å². The largest absolute Gasteiger partial charge is 0.497 e. The van der Waals surface area contributed by atoms with Crippen LogP contribution in [0.1, 0.15) is 24.7 Å². The van der Waals surface area contributed by atoms with Crippen molar-refractivity contribution in [3.05, 3.63) is 54.2 Å². The first-order valence-corrected chi connectivity index (χ1v) is 10.4. The lowest BCUT2D eigenvalue weighted by Gasteiger charge is -2.30. The minimum Gasteiger partial charge on any atom is -0.497 e. The number of carbonyl (C=O) groups is 1. The van der Waals surface area contributed by atoms with Gasteiger partial charge in [-0.05, 0) is 31.5 Å². The number of likely N-dealkylation sites (tertiary alicyclic amines) is 1. The van der Waals surface area contributed by atoms with Crippen LogP contribution in [-0.4, -0.2) is 54.8 Å². The highest BCUT2D eigenvalue weighted by atomic mass is 19.1. The fourth-order valence-corrected chi connectivity index (χ4v) is 3.83. The molecule has 1 unspecified atom stereocenters. The standard InChI is InChI=1S/C23H25FN4O4/c1-30-19-10-18(11-20(12-19)31-2)25-21(29)14-28-8-4-6-16(13-28)23-26-22(27-32-23)15-5-3-7-17(24)9-15/h3,5,7,9-12,16H,4,6,8,13-14H2,1-2H3,(H,25,29). The van der Waals surface area contributed by atoms with E-state index in [9.17, 15) is 9.18 Å². The summed E-state index contributed by atoms with van der Waals surface area (Å²) in [5.74, 6) is 1.60. The average molecular weight is 440 g/mol. The SMILES string of the molecule is COc1cc(NC(=O)CN2CCCC(c3nc(-c4cccc(F)c4)no3)C2)cc(OC)c1. The number of nitrogens with zero attached hydrogens (tertiary/aromatic N) is 3. The molecule has 1 amide bonds. The molecule has 8 nitrogen and oxygen atoms in total. The van der Waals surface area contributed by atoms with E-state index in [4.69, 9.17) is 14.0 Å². The predicted octanol–water partition coefficient (Wildman–Crippen LogP) is 3.71. The second kappa shape index (κ2) is 9.78. The van der Waals surface area contributed by atoms with Crippen LogP contribution in [0.15, 0.2) is 47.0 Å². The highest BCUT2D eigenvalue weighted by molar-refractivity contribution is 5.92. The first kappa shape index (κ1) is 21.8. The molecule has 9 heteroatoms. The Balaban J connectivity index is 1.38. The minimum absolute atomic E-state index is 0.0169. The first-order chi connectivity index (χ1) is 15.5. The maximum Gasteiger partial charge on any atom is 0.238 e. The first-order valence-electron chi connectivity index (χ1n) is 10.4. The van der Waals surface area contributed by atoms with Crippen LogP contribution in [0.4, 0.5) is 10.1 Å². The van der Waals surface area contributed by atoms with E-state index in [1.165, 1.54) is 12.1 Å². The van der Waals surface area contributed by atoms with Gasteiger partial charge >= 0.3 is 0 Å². The molecule has 0 aliphatic carbocycles. The van der Waals surface area contributed by atoms with Gasteiger partial charge in [0.25, 0.3) is 0 Å². The zero-order valence-electron chi connectivity index (χ0n) is 18.0. The normalized spacial score (nSPS) is 16.5. The van der Waals surface area contributed by atoms with Gasteiger partial charge in [-0.25, -0.2) is 4.39 Å². The van der Waals surface area contributed by atoms with Crippen LogP contribution < -0.4 is 14.8 Å². The number of hydrogen-bond donors (Lipinski definition) is 1. The van der Waals surface area contributed by atoms with Gasteiger partial charge < -0.3 is 19.3 Å². The van der Waals surface area contributed by atoms with Crippen molar-refractivity contribution in [1.82, 2.24) is 15.0 Å². The maximum atomic E-state index is 13.5. The highest BCUT2D eigenvalue weighted by Crippen LogP contribution is 2.28. The van der Waals surface area contributed by atoms with E-state index >= 15 is 0 Å². The third-order valence-electron chi connectivity index (χ3n) is 5.38. The molecule has 32 heavy (non-hydrogen) atoms. The third kappa shape index (κ3) is 5.23. The van der Waals surface area contributed by atoms with Gasteiger partial charge in [-0.3, -0.25) is 9.69 Å². The van der Waals surface area contributed by atoms with Gasteiger partial charge in [-0.2, -0.15) is 4.98 Å². The smallest absolute Gasteiger partial charge is 0.238 e. The van der Waals surface area contributed by atoms with Crippen LogP contribution in [0.3, 0.4) is 0 Å². The van der Waals surface area contributed by atoms with Crippen molar-refractivity contribution in [3.63, 3.8) is 0 Å². The number of aromatic nitrogens is 2. The molecule has 1 aromatic heterocycles. The number of halogens is 1. The molecule has 1 saturated heterocycles. The fraction of sp³-hybridized carbons (Fsp3) is 0.348. The van der Waals surface area contributed by atoms with Gasteiger partial charge in [0, 0.05) is 36.0 Å². The molecule has 2 heterocycles. The van der Waals surface area contributed by atoms with Gasteiger partial charge in [-0.1, -0.05) is 17.3 Å². The Kier molecular flexibility index (Phi) is 6.65. The molecule has 1 fully saturated rings. The van der Waals surface area contributed by atoms with Crippen molar-refractivity contribution in [3.8, 4) is 22.9 Å². The summed E-state index contributed by atoms with van der Waals surface area (Å²) in [6.07, 6.45) is 1.79.